The summed E-state index contributed by atoms with van der Waals surface area (Å²) in [6.45, 7) is 4.50. The molecule has 2 aromatic rings. The predicted molar refractivity (Wildman–Crippen MR) is 80.4 cm³/mol. The van der Waals surface area contributed by atoms with Gasteiger partial charge in [0.15, 0.2) is 0 Å². The van der Waals surface area contributed by atoms with Gasteiger partial charge in [-0.2, -0.15) is 0 Å². The van der Waals surface area contributed by atoms with E-state index in [1.54, 1.807) is 11.3 Å². The summed E-state index contributed by atoms with van der Waals surface area (Å²) >= 11 is 5.17. The molecule has 0 saturated heterocycles. The van der Waals surface area contributed by atoms with Crippen molar-refractivity contribution >= 4 is 27.3 Å². The topological polar surface area (TPSA) is 21.3 Å². The first-order valence-electron chi connectivity index (χ1n) is 5.87. The molecule has 0 fully saturated rings. The van der Waals surface area contributed by atoms with Crippen molar-refractivity contribution in [3.8, 4) is 5.75 Å². The molecule has 18 heavy (non-hydrogen) atoms. The lowest BCUT2D eigenvalue weighted by Gasteiger charge is -2.07. The number of hydrogen-bond acceptors (Lipinski definition) is 3. The summed E-state index contributed by atoms with van der Waals surface area (Å²) in [5, 5.41) is 5.51. The number of nitrogens with one attached hydrogen (secondary N) is 1. The highest BCUT2D eigenvalue weighted by Crippen LogP contribution is 2.20. The average Bonchev–Trinajstić information content (AvgIpc) is 2.75. The summed E-state index contributed by atoms with van der Waals surface area (Å²) in [6, 6.07) is 10.3. The van der Waals surface area contributed by atoms with E-state index in [4.69, 9.17) is 4.74 Å². The molecule has 0 saturated carbocycles. The Bertz CT molecular complexity index is 498. The van der Waals surface area contributed by atoms with Crippen LogP contribution < -0.4 is 10.1 Å². The van der Waals surface area contributed by atoms with Crippen LogP contribution in [0.5, 0.6) is 5.75 Å². The fraction of sp³-hybridized carbons (Fsp3) is 0.286. The van der Waals surface area contributed by atoms with E-state index in [0.717, 1.165) is 18.8 Å². The Morgan fingerprint density at radius 2 is 2.22 bits per heavy atom. The molecule has 2 nitrogen and oxygen atoms in total. The van der Waals surface area contributed by atoms with Crippen LogP contribution in [0.15, 0.2) is 39.5 Å². The maximum Gasteiger partial charge on any atom is 0.119 e. The number of benzene rings is 1. The minimum absolute atomic E-state index is 0.689. The molecule has 2 rings (SSSR count). The second kappa shape index (κ2) is 6.92. The standard InChI is InChI=1S/C14H16BrNOS/c1-11-3-2-4-13(7-11)17-6-5-16-9-12-8-14(15)18-10-12/h2-4,7-8,10,16H,5-6,9H2,1H3. The van der Waals surface area contributed by atoms with Gasteiger partial charge in [0.05, 0.1) is 3.79 Å². The Morgan fingerprint density at radius 3 is 2.94 bits per heavy atom. The summed E-state index contributed by atoms with van der Waals surface area (Å²) in [6.07, 6.45) is 0. The zero-order valence-electron chi connectivity index (χ0n) is 10.3. The van der Waals surface area contributed by atoms with Gasteiger partial charge in [0, 0.05) is 13.1 Å². The average molecular weight is 326 g/mol. The maximum absolute atomic E-state index is 5.66. The largest absolute Gasteiger partial charge is 0.492 e. The van der Waals surface area contributed by atoms with Gasteiger partial charge in [-0.3, -0.25) is 0 Å². The Labute approximate surface area is 120 Å². The number of thiophene rings is 1. The molecule has 96 valence electrons. The highest BCUT2D eigenvalue weighted by molar-refractivity contribution is 9.11. The smallest absolute Gasteiger partial charge is 0.119 e. The van der Waals surface area contributed by atoms with E-state index in [0.29, 0.717) is 6.61 Å². The van der Waals surface area contributed by atoms with Crippen molar-refractivity contribution in [2.24, 2.45) is 0 Å². The van der Waals surface area contributed by atoms with Gasteiger partial charge in [-0.25, -0.2) is 0 Å². The van der Waals surface area contributed by atoms with Crippen LogP contribution in [-0.2, 0) is 6.54 Å². The molecule has 0 spiro atoms. The van der Waals surface area contributed by atoms with E-state index >= 15 is 0 Å². The van der Waals surface area contributed by atoms with Crippen molar-refractivity contribution in [2.45, 2.75) is 13.5 Å². The molecule has 0 bridgehead atoms. The van der Waals surface area contributed by atoms with E-state index in [9.17, 15) is 0 Å². The third kappa shape index (κ3) is 4.44. The Kier molecular flexibility index (Phi) is 5.23. The molecule has 1 aromatic carbocycles. The zero-order valence-corrected chi connectivity index (χ0v) is 12.7. The summed E-state index contributed by atoms with van der Waals surface area (Å²) in [5.74, 6) is 0.940. The molecule has 0 unspecified atom stereocenters. The van der Waals surface area contributed by atoms with Crippen molar-refractivity contribution in [3.63, 3.8) is 0 Å². The Morgan fingerprint density at radius 1 is 1.33 bits per heavy atom. The molecule has 4 heteroatoms. The van der Waals surface area contributed by atoms with Crippen LogP contribution in [0.2, 0.25) is 0 Å². The van der Waals surface area contributed by atoms with Crippen LogP contribution >= 0.6 is 27.3 Å². The van der Waals surface area contributed by atoms with E-state index in [-0.39, 0.29) is 0 Å². The Hall–Kier alpha value is -0.840. The molecule has 1 N–H and O–H groups in total. The summed E-state index contributed by atoms with van der Waals surface area (Å²) in [5.41, 5.74) is 2.53. The number of rotatable bonds is 6. The monoisotopic (exact) mass is 325 g/mol. The van der Waals surface area contributed by atoms with Crippen LogP contribution in [0.3, 0.4) is 0 Å². The second-order valence-electron chi connectivity index (χ2n) is 4.10. The van der Waals surface area contributed by atoms with Gasteiger partial charge >= 0.3 is 0 Å². The third-order valence-corrected chi connectivity index (χ3v) is 4.04. The zero-order chi connectivity index (χ0) is 12.8. The van der Waals surface area contributed by atoms with Crippen LogP contribution in [-0.4, -0.2) is 13.2 Å². The number of ether oxygens (including phenoxy) is 1. The van der Waals surface area contributed by atoms with Crippen LogP contribution in [0.25, 0.3) is 0 Å². The van der Waals surface area contributed by atoms with Crippen molar-refractivity contribution in [1.82, 2.24) is 5.32 Å². The number of hydrogen-bond donors (Lipinski definition) is 1. The van der Waals surface area contributed by atoms with Gasteiger partial charge in [0.25, 0.3) is 0 Å². The quantitative estimate of drug-likeness (QED) is 0.811. The molecule has 0 aliphatic heterocycles. The first-order chi connectivity index (χ1) is 8.74. The van der Waals surface area contributed by atoms with Gasteiger partial charge in [0.2, 0.25) is 0 Å². The lowest BCUT2D eigenvalue weighted by Crippen LogP contribution is -2.20. The SMILES string of the molecule is Cc1cccc(OCCNCc2csc(Br)c2)c1. The van der Waals surface area contributed by atoms with Gasteiger partial charge in [-0.15, -0.1) is 11.3 Å². The molecule has 0 atom stereocenters. The maximum atomic E-state index is 5.66. The molecular weight excluding hydrogens is 310 g/mol. The minimum atomic E-state index is 0.689. The first kappa shape index (κ1) is 13.6. The molecule has 0 aliphatic carbocycles. The predicted octanol–water partition coefficient (Wildman–Crippen LogP) is 3.99. The van der Waals surface area contributed by atoms with Crippen molar-refractivity contribution in [1.29, 1.82) is 0 Å². The number of aryl methyl sites for hydroxylation is 1. The van der Waals surface area contributed by atoms with Gasteiger partial charge in [-0.05, 0) is 57.6 Å². The highest BCUT2D eigenvalue weighted by atomic mass is 79.9. The van der Waals surface area contributed by atoms with E-state index in [1.165, 1.54) is 14.9 Å². The Balaban J connectivity index is 1.64. The van der Waals surface area contributed by atoms with Gasteiger partial charge in [0.1, 0.15) is 12.4 Å². The fourth-order valence-electron chi connectivity index (χ4n) is 1.62. The fourth-order valence-corrected chi connectivity index (χ4v) is 2.83. The minimum Gasteiger partial charge on any atom is -0.492 e. The third-order valence-electron chi connectivity index (χ3n) is 2.49. The second-order valence-corrected chi connectivity index (χ2v) is 6.39. The lowest BCUT2D eigenvalue weighted by molar-refractivity contribution is 0.313. The van der Waals surface area contributed by atoms with Crippen molar-refractivity contribution < 1.29 is 4.74 Å². The van der Waals surface area contributed by atoms with E-state index in [2.05, 4.69) is 51.7 Å². The van der Waals surface area contributed by atoms with Crippen LogP contribution in [0.1, 0.15) is 11.1 Å². The molecule has 1 heterocycles. The highest BCUT2D eigenvalue weighted by Gasteiger charge is 1.97. The molecular formula is C14H16BrNOS. The first-order valence-corrected chi connectivity index (χ1v) is 7.54. The van der Waals surface area contributed by atoms with E-state index < -0.39 is 0 Å². The molecule has 1 aromatic heterocycles. The molecule has 0 aliphatic rings. The van der Waals surface area contributed by atoms with Crippen molar-refractivity contribution in [3.05, 3.63) is 50.6 Å². The summed E-state index contributed by atoms with van der Waals surface area (Å²) in [4.78, 5) is 0. The van der Waals surface area contributed by atoms with E-state index in [1.807, 2.05) is 12.1 Å². The summed E-state index contributed by atoms with van der Waals surface area (Å²) in [7, 11) is 0. The number of halogens is 1. The van der Waals surface area contributed by atoms with Crippen molar-refractivity contribution in [2.75, 3.05) is 13.2 Å². The lowest BCUT2D eigenvalue weighted by atomic mass is 10.2. The normalized spacial score (nSPS) is 10.6. The summed E-state index contributed by atoms with van der Waals surface area (Å²) < 4.78 is 6.84. The van der Waals surface area contributed by atoms with Crippen LogP contribution in [0.4, 0.5) is 0 Å². The van der Waals surface area contributed by atoms with Gasteiger partial charge < -0.3 is 10.1 Å². The molecule has 0 amide bonds. The van der Waals surface area contributed by atoms with Gasteiger partial charge in [-0.1, -0.05) is 12.1 Å². The molecule has 0 radical (unpaired) electrons. The van der Waals surface area contributed by atoms with Crippen LogP contribution in [0, 0.1) is 6.92 Å².